The summed E-state index contributed by atoms with van der Waals surface area (Å²) in [7, 11) is 0. The van der Waals surface area contributed by atoms with Crippen LogP contribution in [-0.2, 0) is 5.41 Å². The molecule has 0 unspecified atom stereocenters. The van der Waals surface area contributed by atoms with Crippen LogP contribution in [-0.4, -0.2) is 6.54 Å². The average Bonchev–Trinajstić information content (AvgIpc) is 3.41. The molecule has 1 nitrogen and oxygen atoms in total. The van der Waals surface area contributed by atoms with E-state index in [9.17, 15) is 0 Å². The first-order valence-electron chi connectivity index (χ1n) is 12.0. The van der Waals surface area contributed by atoms with Crippen molar-refractivity contribution in [3.05, 3.63) is 107 Å². The van der Waals surface area contributed by atoms with Gasteiger partial charge in [0.05, 0.1) is 0 Å². The first kappa shape index (κ1) is 22.1. The summed E-state index contributed by atoms with van der Waals surface area (Å²) in [4.78, 5) is 0. The highest BCUT2D eigenvalue weighted by Gasteiger charge is 2.45. The molecular weight excluding hydrogens is 386 g/mol. The Kier molecular flexibility index (Phi) is 6.95. The van der Waals surface area contributed by atoms with Crippen molar-refractivity contribution in [2.45, 2.75) is 51.4 Å². The lowest BCUT2D eigenvalue weighted by molar-refractivity contribution is 0.545. The molecule has 2 aliphatic rings. The van der Waals surface area contributed by atoms with Crippen LogP contribution in [0.15, 0.2) is 85.0 Å². The fraction of sp³-hybridized carbons (Fsp3) is 0.290. The fourth-order valence-electron chi connectivity index (χ4n) is 5.56. The molecule has 0 heterocycles. The standard InChI is InChI=1S/C31H35N/c1-4-7-8-9-15-25-18-19-26(22-24(25)6-3)32-23-28-27-16-10-11-17-30(27)31(20-12-13-21-31)29(28)14-5-2/h4-8,10-11,14-19,22,32H,1,9,12-13,20-21,23H2,2-3H3/b8-7-,14-5-,24-6-,25-15-. The molecular formula is C31H35N. The number of hydrogen-bond acceptors (Lipinski definition) is 1. The monoisotopic (exact) mass is 421 g/mol. The third-order valence-electron chi connectivity index (χ3n) is 7.01. The van der Waals surface area contributed by atoms with E-state index in [0.29, 0.717) is 0 Å². The normalized spacial score (nSPS) is 18.4. The van der Waals surface area contributed by atoms with Gasteiger partial charge in [0.2, 0.25) is 0 Å². The molecule has 2 aromatic rings. The van der Waals surface area contributed by atoms with Crippen molar-refractivity contribution in [2.75, 3.05) is 11.9 Å². The molecule has 0 aromatic heterocycles. The van der Waals surface area contributed by atoms with E-state index >= 15 is 0 Å². The van der Waals surface area contributed by atoms with Crippen LogP contribution in [0.5, 0.6) is 0 Å². The van der Waals surface area contributed by atoms with Gasteiger partial charge in [0.15, 0.2) is 0 Å². The lowest BCUT2D eigenvalue weighted by Gasteiger charge is -2.28. The highest BCUT2D eigenvalue weighted by atomic mass is 14.9. The van der Waals surface area contributed by atoms with Gasteiger partial charge in [-0.05, 0) is 78.0 Å². The topological polar surface area (TPSA) is 12.0 Å². The first-order chi connectivity index (χ1) is 15.7. The van der Waals surface area contributed by atoms with E-state index in [0.717, 1.165) is 13.0 Å². The van der Waals surface area contributed by atoms with Crippen LogP contribution in [0, 0.1) is 0 Å². The molecule has 164 valence electrons. The Labute approximate surface area is 193 Å². The Bertz CT molecular complexity index is 1180. The lowest BCUT2D eigenvalue weighted by atomic mass is 9.75. The summed E-state index contributed by atoms with van der Waals surface area (Å²) in [5.41, 5.74) is 7.38. The Balaban J connectivity index is 1.65. The van der Waals surface area contributed by atoms with E-state index in [1.165, 1.54) is 58.5 Å². The van der Waals surface area contributed by atoms with Crippen molar-refractivity contribution in [1.82, 2.24) is 0 Å². The van der Waals surface area contributed by atoms with Gasteiger partial charge in [-0.1, -0.05) is 92.3 Å². The molecule has 1 spiro atoms. The van der Waals surface area contributed by atoms with E-state index in [1.807, 2.05) is 12.2 Å². The maximum absolute atomic E-state index is 3.75. The molecule has 1 heteroatoms. The number of fused-ring (bicyclic) bond motifs is 2. The SMILES string of the molecule is C=C/C=C\C/C=c1/ccc(NCC2=C(/C=C\C)C3(CCCC3)c3ccccc32)c/c1=C/C. The molecule has 1 N–H and O–H groups in total. The smallest absolute Gasteiger partial charge is 0.0409 e. The quantitative estimate of drug-likeness (QED) is 0.493. The van der Waals surface area contributed by atoms with Crippen LogP contribution < -0.4 is 15.8 Å². The van der Waals surface area contributed by atoms with Gasteiger partial charge in [-0.25, -0.2) is 0 Å². The molecule has 1 saturated carbocycles. The number of rotatable bonds is 7. The van der Waals surface area contributed by atoms with Crippen LogP contribution in [0.4, 0.5) is 5.69 Å². The maximum Gasteiger partial charge on any atom is 0.0409 e. The molecule has 4 rings (SSSR count). The zero-order chi connectivity index (χ0) is 22.4. The number of benzene rings is 2. The van der Waals surface area contributed by atoms with E-state index in [2.05, 4.69) is 98.6 Å². The minimum absolute atomic E-state index is 0.222. The maximum atomic E-state index is 3.75. The third kappa shape index (κ3) is 4.17. The predicted octanol–water partition coefficient (Wildman–Crippen LogP) is 6.67. The number of nitrogens with one attached hydrogen (secondary N) is 1. The Morgan fingerprint density at radius 2 is 1.84 bits per heavy atom. The molecule has 2 aliphatic carbocycles. The van der Waals surface area contributed by atoms with Crippen LogP contribution in [0.1, 0.15) is 57.1 Å². The van der Waals surface area contributed by atoms with Crippen molar-refractivity contribution >= 4 is 23.4 Å². The van der Waals surface area contributed by atoms with Crippen molar-refractivity contribution in [1.29, 1.82) is 0 Å². The fourth-order valence-corrected chi connectivity index (χ4v) is 5.56. The van der Waals surface area contributed by atoms with Crippen LogP contribution in [0.25, 0.3) is 17.7 Å². The second kappa shape index (κ2) is 10.0. The van der Waals surface area contributed by atoms with Crippen LogP contribution >= 0.6 is 0 Å². The predicted molar refractivity (Wildman–Crippen MR) is 141 cm³/mol. The Morgan fingerprint density at radius 3 is 2.59 bits per heavy atom. The Hall–Kier alpha value is -3.06. The van der Waals surface area contributed by atoms with Gasteiger partial charge in [-0.2, -0.15) is 0 Å². The number of hydrogen-bond donors (Lipinski definition) is 1. The first-order valence-corrected chi connectivity index (χ1v) is 12.0. The summed E-state index contributed by atoms with van der Waals surface area (Å²) in [5.74, 6) is 0. The van der Waals surface area contributed by atoms with Crippen molar-refractivity contribution in [3.8, 4) is 0 Å². The van der Waals surface area contributed by atoms with E-state index in [4.69, 9.17) is 0 Å². The molecule has 0 amide bonds. The molecule has 0 bridgehead atoms. The van der Waals surface area contributed by atoms with E-state index < -0.39 is 0 Å². The van der Waals surface area contributed by atoms with Gasteiger partial charge in [0.25, 0.3) is 0 Å². The van der Waals surface area contributed by atoms with Crippen LogP contribution in [0.3, 0.4) is 0 Å². The second-order valence-electron chi connectivity index (χ2n) is 8.82. The van der Waals surface area contributed by atoms with E-state index in [-0.39, 0.29) is 5.41 Å². The summed E-state index contributed by atoms with van der Waals surface area (Å²) in [6, 6.07) is 15.8. The summed E-state index contributed by atoms with van der Waals surface area (Å²) < 4.78 is 0. The van der Waals surface area contributed by atoms with E-state index in [1.54, 1.807) is 5.56 Å². The van der Waals surface area contributed by atoms with Gasteiger partial charge in [-0.15, -0.1) is 0 Å². The van der Waals surface area contributed by atoms with Crippen molar-refractivity contribution in [3.63, 3.8) is 0 Å². The summed E-state index contributed by atoms with van der Waals surface area (Å²) in [6.45, 7) is 8.84. The van der Waals surface area contributed by atoms with Gasteiger partial charge in [0, 0.05) is 17.6 Å². The minimum Gasteiger partial charge on any atom is -0.381 e. The zero-order valence-electron chi connectivity index (χ0n) is 19.5. The average molecular weight is 422 g/mol. The lowest BCUT2D eigenvalue weighted by Crippen LogP contribution is -2.24. The van der Waals surface area contributed by atoms with Gasteiger partial charge < -0.3 is 5.32 Å². The van der Waals surface area contributed by atoms with Crippen molar-refractivity contribution in [2.24, 2.45) is 0 Å². The molecule has 0 saturated heterocycles. The minimum atomic E-state index is 0.222. The second-order valence-corrected chi connectivity index (χ2v) is 8.82. The highest BCUT2D eigenvalue weighted by molar-refractivity contribution is 5.85. The van der Waals surface area contributed by atoms with Gasteiger partial charge in [-0.3, -0.25) is 0 Å². The van der Waals surface area contributed by atoms with Gasteiger partial charge in [0.1, 0.15) is 0 Å². The Morgan fingerprint density at radius 1 is 1.03 bits per heavy atom. The number of allylic oxidation sites excluding steroid dienone is 6. The molecule has 32 heavy (non-hydrogen) atoms. The molecule has 0 aliphatic heterocycles. The largest absolute Gasteiger partial charge is 0.381 e. The molecule has 0 atom stereocenters. The van der Waals surface area contributed by atoms with Crippen molar-refractivity contribution < 1.29 is 0 Å². The van der Waals surface area contributed by atoms with Crippen LogP contribution in [0.2, 0.25) is 0 Å². The molecule has 2 aromatic carbocycles. The summed E-state index contributed by atoms with van der Waals surface area (Å²) in [5, 5.41) is 6.29. The highest BCUT2D eigenvalue weighted by Crippen LogP contribution is 2.55. The summed E-state index contributed by atoms with van der Waals surface area (Å²) in [6.07, 6.45) is 21.1. The zero-order valence-corrected chi connectivity index (χ0v) is 19.5. The number of anilines is 1. The van der Waals surface area contributed by atoms with Gasteiger partial charge >= 0.3 is 0 Å². The molecule has 1 fully saturated rings. The summed E-state index contributed by atoms with van der Waals surface area (Å²) >= 11 is 0. The third-order valence-corrected chi connectivity index (χ3v) is 7.01. The molecule has 0 radical (unpaired) electrons.